The average Bonchev–Trinajstić information content (AvgIpc) is 2.83. The van der Waals surface area contributed by atoms with Crippen LogP contribution in [0.1, 0.15) is 19.3 Å². The molecule has 6 heteroatoms. The Morgan fingerprint density at radius 1 is 1.33 bits per heavy atom. The van der Waals surface area contributed by atoms with E-state index in [2.05, 4.69) is 5.43 Å². The van der Waals surface area contributed by atoms with Crippen molar-refractivity contribution in [2.24, 2.45) is 11.8 Å². The molecule has 0 aromatic rings. The lowest BCUT2D eigenvalue weighted by molar-refractivity contribution is -0.158. The smallest absolute Gasteiger partial charge is 0.173 e. The van der Waals surface area contributed by atoms with Gasteiger partial charge in [-0.3, -0.25) is 11.3 Å². The molecular weight excluding hydrogens is 236 g/mol. The highest BCUT2D eigenvalue weighted by molar-refractivity contribution is 4.94. The third-order valence-corrected chi connectivity index (χ3v) is 4.06. The lowest BCUT2D eigenvalue weighted by Crippen LogP contribution is -2.54. The summed E-state index contributed by atoms with van der Waals surface area (Å²) in [7, 11) is 3.26. The molecule has 0 aromatic carbocycles. The highest BCUT2D eigenvalue weighted by Gasteiger charge is 2.44. The Kier molecular flexibility index (Phi) is 4.94. The van der Waals surface area contributed by atoms with Crippen LogP contribution in [0.15, 0.2) is 0 Å². The molecule has 18 heavy (non-hydrogen) atoms. The van der Waals surface area contributed by atoms with Gasteiger partial charge in [0.25, 0.3) is 0 Å². The van der Waals surface area contributed by atoms with Gasteiger partial charge in [-0.2, -0.15) is 0 Å². The van der Waals surface area contributed by atoms with Crippen LogP contribution in [0.2, 0.25) is 0 Å². The average molecular weight is 260 g/mol. The van der Waals surface area contributed by atoms with Crippen molar-refractivity contribution in [3.05, 3.63) is 0 Å². The number of hydrazine groups is 1. The van der Waals surface area contributed by atoms with E-state index in [4.69, 9.17) is 24.8 Å². The third-order valence-electron chi connectivity index (χ3n) is 4.06. The Morgan fingerprint density at radius 3 is 2.67 bits per heavy atom. The summed E-state index contributed by atoms with van der Waals surface area (Å²) in [6, 6.07) is -0.0265. The van der Waals surface area contributed by atoms with E-state index >= 15 is 0 Å². The molecule has 0 amide bonds. The summed E-state index contributed by atoms with van der Waals surface area (Å²) in [5, 5.41) is 0. The number of methoxy groups -OCH3 is 2. The van der Waals surface area contributed by atoms with Gasteiger partial charge in [-0.15, -0.1) is 0 Å². The van der Waals surface area contributed by atoms with Crippen molar-refractivity contribution in [2.75, 3.05) is 34.0 Å². The van der Waals surface area contributed by atoms with Crippen LogP contribution in [0.25, 0.3) is 0 Å². The van der Waals surface area contributed by atoms with Crippen molar-refractivity contribution in [1.82, 2.24) is 5.43 Å². The standard InChI is InChI=1S/C12H24N2O4/c1-15-11(16-2)10(14-13)9-3-5-18-12(7-9)4-6-17-8-12/h9-11,14H,3-8,13H2,1-2H3. The van der Waals surface area contributed by atoms with Gasteiger partial charge in [-0.25, -0.2) is 0 Å². The Hall–Kier alpha value is -0.240. The van der Waals surface area contributed by atoms with Crippen molar-refractivity contribution in [2.45, 2.75) is 37.2 Å². The maximum atomic E-state index is 5.92. The molecule has 3 unspecified atom stereocenters. The third kappa shape index (κ3) is 2.84. The first-order chi connectivity index (χ1) is 8.74. The van der Waals surface area contributed by atoms with Gasteiger partial charge in [0.2, 0.25) is 0 Å². The molecule has 2 rings (SSSR count). The molecule has 0 bridgehead atoms. The molecule has 0 aliphatic carbocycles. The van der Waals surface area contributed by atoms with E-state index < -0.39 is 0 Å². The Balaban J connectivity index is 2.01. The fourth-order valence-electron chi connectivity index (χ4n) is 3.06. The Morgan fingerprint density at radius 2 is 2.11 bits per heavy atom. The minimum Gasteiger partial charge on any atom is -0.378 e. The maximum absolute atomic E-state index is 5.92. The summed E-state index contributed by atoms with van der Waals surface area (Å²) >= 11 is 0. The first-order valence-electron chi connectivity index (χ1n) is 6.48. The molecular formula is C12H24N2O4. The highest BCUT2D eigenvalue weighted by atomic mass is 16.7. The van der Waals surface area contributed by atoms with Gasteiger partial charge in [-0.05, 0) is 18.8 Å². The van der Waals surface area contributed by atoms with E-state index in [1.54, 1.807) is 14.2 Å². The lowest BCUT2D eigenvalue weighted by Gasteiger charge is -2.41. The van der Waals surface area contributed by atoms with Gasteiger partial charge in [0, 0.05) is 33.9 Å². The summed E-state index contributed by atoms with van der Waals surface area (Å²) in [5.74, 6) is 6.03. The summed E-state index contributed by atoms with van der Waals surface area (Å²) in [5.41, 5.74) is 2.71. The van der Waals surface area contributed by atoms with Crippen LogP contribution in [0.3, 0.4) is 0 Å². The second kappa shape index (κ2) is 6.27. The number of rotatable bonds is 5. The van der Waals surface area contributed by atoms with Gasteiger partial charge in [0.05, 0.1) is 18.2 Å². The number of hydrogen-bond acceptors (Lipinski definition) is 6. The molecule has 2 fully saturated rings. The van der Waals surface area contributed by atoms with E-state index in [0.29, 0.717) is 12.5 Å². The van der Waals surface area contributed by atoms with Crippen molar-refractivity contribution in [1.29, 1.82) is 0 Å². The van der Waals surface area contributed by atoms with E-state index in [-0.39, 0.29) is 17.9 Å². The maximum Gasteiger partial charge on any atom is 0.173 e. The molecule has 6 nitrogen and oxygen atoms in total. The van der Waals surface area contributed by atoms with Gasteiger partial charge in [0.1, 0.15) is 0 Å². The molecule has 2 saturated heterocycles. The molecule has 1 spiro atoms. The zero-order chi connectivity index (χ0) is 13.0. The molecule has 0 aromatic heterocycles. The Labute approximate surface area is 108 Å². The molecule has 2 aliphatic rings. The van der Waals surface area contributed by atoms with Crippen LogP contribution >= 0.6 is 0 Å². The zero-order valence-corrected chi connectivity index (χ0v) is 11.2. The van der Waals surface area contributed by atoms with E-state index in [1.807, 2.05) is 0 Å². The summed E-state index contributed by atoms with van der Waals surface area (Å²) in [6.45, 7) is 2.21. The quantitative estimate of drug-likeness (QED) is 0.412. The number of nitrogens with one attached hydrogen (secondary N) is 1. The normalized spacial score (nSPS) is 34.3. The second-order valence-electron chi connectivity index (χ2n) is 5.12. The van der Waals surface area contributed by atoms with Crippen molar-refractivity contribution in [3.8, 4) is 0 Å². The van der Waals surface area contributed by atoms with Crippen molar-refractivity contribution in [3.63, 3.8) is 0 Å². The Bertz CT molecular complexity index is 254. The van der Waals surface area contributed by atoms with Crippen LogP contribution in [0.4, 0.5) is 0 Å². The van der Waals surface area contributed by atoms with Crippen LogP contribution < -0.4 is 11.3 Å². The van der Waals surface area contributed by atoms with Gasteiger partial charge in [-0.1, -0.05) is 0 Å². The molecule has 3 atom stereocenters. The first kappa shape index (κ1) is 14.2. The molecule has 0 radical (unpaired) electrons. The molecule has 0 saturated carbocycles. The van der Waals surface area contributed by atoms with E-state index in [1.165, 1.54) is 0 Å². The minimum absolute atomic E-state index is 0.0265. The predicted molar refractivity (Wildman–Crippen MR) is 65.8 cm³/mol. The van der Waals surface area contributed by atoms with Gasteiger partial charge < -0.3 is 18.9 Å². The summed E-state index contributed by atoms with van der Waals surface area (Å²) in [6.07, 6.45) is 2.52. The monoisotopic (exact) mass is 260 g/mol. The topological polar surface area (TPSA) is 75.0 Å². The number of nitrogens with two attached hydrogens (primary N) is 1. The lowest BCUT2D eigenvalue weighted by atomic mass is 9.81. The van der Waals surface area contributed by atoms with Crippen LogP contribution in [0.5, 0.6) is 0 Å². The van der Waals surface area contributed by atoms with Crippen LogP contribution in [-0.2, 0) is 18.9 Å². The highest BCUT2D eigenvalue weighted by Crippen LogP contribution is 2.37. The molecule has 106 valence electrons. The van der Waals surface area contributed by atoms with E-state index in [9.17, 15) is 0 Å². The van der Waals surface area contributed by atoms with Gasteiger partial charge >= 0.3 is 0 Å². The summed E-state index contributed by atoms with van der Waals surface area (Å²) < 4.78 is 22.0. The summed E-state index contributed by atoms with van der Waals surface area (Å²) in [4.78, 5) is 0. The van der Waals surface area contributed by atoms with Crippen molar-refractivity contribution >= 4 is 0 Å². The number of hydrogen-bond donors (Lipinski definition) is 2. The van der Waals surface area contributed by atoms with Crippen LogP contribution in [0, 0.1) is 5.92 Å². The zero-order valence-electron chi connectivity index (χ0n) is 11.2. The van der Waals surface area contributed by atoms with Gasteiger partial charge in [0.15, 0.2) is 6.29 Å². The molecule has 3 N–H and O–H groups in total. The first-order valence-corrected chi connectivity index (χ1v) is 6.48. The van der Waals surface area contributed by atoms with E-state index in [0.717, 1.165) is 32.5 Å². The van der Waals surface area contributed by atoms with Crippen LogP contribution in [-0.4, -0.2) is 52.0 Å². The minimum atomic E-state index is -0.336. The predicted octanol–water partition coefficient (Wildman–Crippen LogP) is 0.0229. The fraction of sp³-hybridized carbons (Fsp3) is 1.00. The largest absolute Gasteiger partial charge is 0.378 e. The molecule has 2 aliphatic heterocycles. The SMILES string of the molecule is COC(OC)C(NN)C1CCOC2(CCOC2)C1. The fourth-order valence-corrected chi connectivity index (χ4v) is 3.06. The van der Waals surface area contributed by atoms with Crippen molar-refractivity contribution < 1.29 is 18.9 Å². The number of ether oxygens (including phenoxy) is 4. The second-order valence-corrected chi connectivity index (χ2v) is 5.12. The molecule has 2 heterocycles.